The molecule has 4 aromatic rings. The Balaban J connectivity index is 1.43. The zero-order chi connectivity index (χ0) is 25.4. The number of nitrogens with one attached hydrogen (secondary N) is 1. The topological polar surface area (TPSA) is 80.4 Å². The molecular formula is C27H29ClN4O3S. The van der Waals surface area contributed by atoms with Gasteiger partial charge in [0.15, 0.2) is 11.5 Å². The Kier molecular flexibility index (Phi) is 7.01. The van der Waals surface area contributed by atoms with E-state index >= 15 is 0 Å². The first-order chi connectivity index (χ1) is 17.3. The number of thiophene rings is 1. The minimum absolute atomic E-state index is 0.0108. The van der Waals surface area contributed by atoms with Crippen LogP contribution in [-0.2, 0) is 6.54 Å². The number of nitrogens with zero attached hydrogens (tertiary/aromatic N) is 3. The normalized spacial score (nSPS) is 15.1. The first kappa shape index (κ1) is 24.7. The second-order valence-electron chi connectivity index (χ2n) is 9.61. The summed E-state index contributed by atoms with van der Waals surface area (Å²) in [5.41, 5.74) is 2.72. The van der Waals surface area contributed by atoms with Crippen molar-refractivity contribution in [3.63, 3.8) is 0 Å². The monoisotopic (exact) mass is 524 g/mol. The zero-order valence-corrected chi connectivity index (χ0v) is 22.2. The highest BCUT2D eigenvalue weighted by Gasteiger charge is 2.25. The predicted octanol–water partition coefficient (Wildman–Crippen LogP) is 5.86. The lowest BCUT2D eigenvalue weighted by Crippen LogP contribution is -2.46. The molecule has 0 bridgehead atoms. The van der Waals surface area contributed by atoms with Gasteiger partial charge in [-0.2, -0.15) is 0 Å². The molecule has 3 aromatic heterocycles. The Labute approximate surface area is 219 Å². The number of fused-ring (bicyclic) bond motifs is 1. The van der Waals surface area contributed by atoms with Crippen molar-refractivity contribution in [1.82, 2.24) is 19.9 Å². The first-order valence-electron chi connectivity index (χ1n) is 12.2. The van der Waals surface area contributed by atoms with E-state index in [-0.39, 0.29) is 17.7 Å². The Bertz CT molecular complexity index is 1410. The number of benzene rings is 1. The van der Waals surface area contributed by atoms with Gasteiger partial charge in [-0.3, -0.25) is 9.59 Å². The summed E-state index contributed by atoms with van der Waals surface area (Å²) >= 11 is 7.50. The summed E-state index contributed by atoms with van der Waals surface area (Å²) in [6.45, 7) is 8.26. The molecule has 0 spiro atoms. The van der Waals surface area contributed by atoms with Crippen LogP contribution in [0.5, 0.6) is 0 Å². The van der Waals surface area contributed by atoms with E-state index in [0.29, 0.717) is 39.6 Å². The summed E-state index contributed by atoms with van der Waals surface area (Å²) in [5.74, 6) is 0.510. The number of rotatable bonds is 7. The van der Waals surface area contributed by atoms with Gasteiger partial charge in [0.1, 0.15) is 11.4 Å². The Morgan fingerprint density at radius 1 is 1.17 bits per heavy atom. The molecule has 1 aliphatic rings. The van der Waals surface area contributed by atoms with Gasteiger partial charge in [0.2, 0.25) is 0 Å². The molecule has 0 saturated carbocycles. The summed E-state index contributed by atoms with van der Waals surface area (Å²) in [6.07, 6.45) is 1.85. The van der Waals surface area contributed by atoms with Crippen LogP contribution < -0.4 is 5.32 Å². The molecular weight excluding hydrogens is 496 g/mol. The standard InChI is InChI=1S/C27H29ClN4O3S/c1-16(2)31-10-8-20(9-11-31)29-27(34)23-13-19-12-18(17(3)33)4-5-22(19)32(23)15-21-14-24(35-30-21)25-6-7-26(28)36-25/h4-7,12-14,16,20H,8-11,15H2,1-3H3,(H,29,34). The average molecular weight is 525 g/mol. The van der Waals surface area contributed by atoms with E-state index < -0.39 is 0 Å². The lowest BCUT2D eigenvalue weighted by Gasteiger charge is -2.34. The van der Waals surface area contributed by atoms with Crippen molar-refractivity contribution in [2.75, 3.05) is 13.1 Å². The van der Waals surface area contributed by atoms with Crippen LogP contribution in [0, 0.1) is 0 Å². The second kappa shape index (κ2) is 10.2. The van der Waals surface area contributed by atoms with Crippen molar-refractivity contribution in [3.8, 4) is 10.6 Å². The van der Waals surface area contributed by atoms with Crippen molar-refractivity contribution >= 4 is 45.5 Å². The fourth-order valence-corrected chi connectivity index (χ4v) is 5.77. The largest absolute Gasteiger partial charge is 0.355 e. The third-order valence-corrected chi connectivity index (χ3v) is 8.08. The van der Waals surface area contributed by atoms with Gasteiger partial charge in [-0.25, -0.2) is 0 Å². The lowest BCUT2D eigenvalue weighted by atomic mass is 10.0. The minimum Gasteiger partial charge on any atom is -0.355 e. The summed E-state index contributed by atoms with van der Waals surface area (Å²) in [4.78, 5) is 28.8. The summed E-state index contributed by atoms with van der Waals surface area (Å²) in [5, 5.41) is 8.33. The molecule has 1 aromatic carbocycles. The number of carbonyl (C=O) groups is 2. The summed E-state index contributed by atoms with van der Waals surface area (Å²) in [7, 11) is 0. The molecule has 5 rings (SSSR count). The number of hydrogen-bond acceptors (Lipinski definition) is 6. The van der Waals surface area contributed by atoms with Crippen LogP contribution in [-0.4, -0.2) is 51.5 Å². The zero-order valence-electron chi connectivity index (χ0n) is 20.6. The highest BCUT2D eigenvalue weighted by Crippen LogP contribution is 2.32. The van der Waals surface area contributed by atoms with Crippen LogP contribution >= 0.6 is 22.9 Å². The molecule has 188 valence electrons. The number of likely N-dealkylation sites (tertiary alicyclic amines) is 1. The fraction of sp³-hybridized carbons (Fsp3) is 0.370. The van der Waals surface area contributed by atoms with Crippen molar-refractivity contribution in [2.24, 2.45) is 0 Å². The number of halogens is 1. The average Bonchev–Trinajstić information content (AvgIpc) is 3.58. The Hall–Kier alpha value is -2.94. The number of Topliss-reactive ketones (excluding diaryl/α,β-unsaturated/α-hetero) is 1. The maximum Gasteiger partial charge on any atom is 0.268 e. The van der Waals surface area contributed by atoms with Gasteiger partial charge in [0, 0.05) is 47.7 Å². The molecule has 4 heterocycles. The molecule has 0 aliphatic carbocycles. The minimum atomic E-state index is -0.118. The smallest absolute Gasteiger partial charge is 0.268 e. The van der Waals surface area contributed by atoms with E-state index in [9.17, 15) is 9.59 Å². The van der Waals surface area contributed by atoms with Crippen LogP contribution in [0.4, 0.5) is 0 Å². The number of piperidine rings is 1. The van der Waals surface area contributed by atoms with Crippen LogP contribution in [0.3, 0.4) is 0 Å². The quantitative estimate of drug-likeness (QED) is 0.306. The van der Waals surface area contributed by atoms with E-state index in [1.165, 1.54) is 11.3 Å². The molecule has 1 N–H and O–H groups in total. The third-order valence-electron chi connectivity index (χ3n) is 6.83. The van der Waals surface area contributed by atoms with Gasteiger partial charge < -0.3 is 19.3 Å². The number of hydrogen-bond donors (Lipinski definition) is 1. The number of ketones is 1. The molecule has 0 atom stereocenters. The molecule has 1 aliphatic heterocycles. The summed E-state index contributed by atoms with van der Waals surface area (Å²) < 4.78 is 8.19. The maximum absolute atomic E-state index is 13.5. The van der Waals surface area contributed by atoms with E-state index in [1.807, 2.05) is 41.0 Å². The van der Waals surface area contributed by atoms with Crippen molar-refractivity contribution < 1.29 is 14.1 Å². The second-order valence-corrected chi connectivity index (χ2v) is 11.3. The van der Waals surface area contributed by atoms with Gasteiger partial charge in [0.25, 0.3) is 5.91 Å². The summed E-state index contributed by atoms with van der Waals surface area (Å²) in [6, 6.07) is 13.6. The molecule has 7 nitrogen and oxygen atoms in total. The number of amides is 1. The van der Waals surface area contributed by atoms with Gasteiger partial charge in [0.05, 0.1) is 15.8 Å². The van der Waals surface area contributed by atoms with E-state index in [0.717, 1.165) is 41.7 Å². The van der Waals surface area contributed by atoms with E-state index in [2.05, 4.69) is 29.2 Å². The number of aromatic nitrogens is 2. The molecule has 0 radical (unpaired) electrons. The molecule has 36 heavy (non-hydrogen) atoms. The van der Waals surface area contributed by atoms with Crippen LogP contribution in [0.25, 0.3) is 21.5 Å². The van der Waals surface area contributed by atoms with Crippen LogP contribution in [0.1, 0.15) is 60.2 Å². The Morgan fingerprint density at radius 2 is 1.94 bits per heavy atom. The van der Waals surface area contributed by atoms with Crippen LogP contribution in [0.15, 0.2) is 47.0 Å². The molecule has 0 unspecified atom stereocenters. The lowest BCUT2D eigenvalue weighted by molar-refractivity contribution is 0.0891. The third kappa shape index (κ3) is 5.12. The number of carbonyl (C=O) groups excluding carboxylic acids is 2. The van der Waals surface area contributed by atoms with E-state index in [1.54, 1.807) is 13.0 Å². The molecule has 9 heteroatoms. The van der Waals surface area contributed by atoms with Gasteiger partial charge in [-0.05, 0) is 70.0 Å². The maximum atomic E-state index is 13.5. The SMILES string of the molecule is CC(=O)c1ccc2c(c1)cc(C(=O)NC1CCN(C(C)C)CC1)n2Cc1cc(-c2ccc(Cl)s2)on1. The predicted molar refractivity (Wildman–Crippen MR) is 143 cm³/mol. The van der Waals surface area contributed by atoms with Gasteiger partial charge in [-0.1, -0.05) is 16.8 Å². The Morgan fingerprint density at radius 3 is 2.61 bits per heavy atom. The van der Waals surface area contributed by atoms with E-state index in [4.69, 9.17) is 16.1 Å². The molecule has 1 fully saturated rings. The van der Waals surface area contributed by atoms with Crippen molar-refractivity contribution in [2.45, 2.75) is 52.2 Å². The van der Waals surface area contributed by atoms with Crippen molar-refractivity contribution in [3.05, 3.63) is 63.8 Å². The first-order valence-corrected chi connectivity index (χ1v) is 13.4. The van der Waals surface area contributed by atoms with Gasteiger partial charge >= 0.3 is 0 Å². The van der Waals surface area contributed by atoms with Crippen LogP contribution in [0.2, 0.25) is 4.34 Å². The van der Waals surface area contributed by atoms with Crippen molar-refractivity contribution in [1.29, 1.82) is 0 Å². The molecule has 1 saturated heterocycles. The van der Waals surface area contributed by atoms with Gasteiger partial charge in [-0.15, -0.1) is 11.3 Å². The molecule has 1 amide bonds. The fourth-order valence-electron chi connectivity index (χ4n) is 4.78. The highest BCUT2D eigenvalue weighted by molar-refractivity contribution is 7.19. The highest BCUT2D eigenvalue weighted by atomic mass is 35.5.